The summed E-state index contributed by atoms with van der Waals surface area (Å²) in [4.78, 5) is 35.4. The van der Waals surface area contributed by atoms with Crippen LogP contribution in [-0.4, -0.2) is 33.7 Å². The number of benzene rings is 1. The van der Waals surface area contributed by atoms with E-state index in [1.54, 1.807) is 30.3 Å². The molecule has 1 aliphatic rings. The molecule has 0 unspecified atom stereocenters. The Morgan fingerprint density at radius 1 is 1.30 bits per heavy atom. The Balaban J connectivity index is 2.14. The minimum atomic E-state index is -1.05. The average Bonchev–Trinajstić information content (AvgIpc) is 2.65. The zero-order valence-corrected chi connectivity index (χ0v) is 11.8. The molecule has 0 aromatic heterocycles. The first-order chi connectivity index (χ1) is 9.47. The van der Waals surface area contributed by atoms with Gasteiger partial charge in [0.1, 0.15) is 0 Å². The van der Waals surface area contributed by atoms with E-state index >= 15 is 0 Å². The van der Waals surface area contributed by atoms with Crippen LogP contribution in [0.4, 0.5) is 4.79 Å². The van der Waals surface area contributed by atoms with Gasteiger partial charge in [0.15, 0.2) is 0 Å². The van der Waals surface area contributed by atoms with Crippen molar-refractivity contribution in [1.29, 1.82) is 0 Å². The van der Waals surface area contributed by atoms with Crippen molar-refractivity contribution in [1.82, 2.24) is 4.90 Å². The minimum Gasteiger partial charge on any atom is -0.481 e. The van der Waals surface area contributed by atoms with E-state index in [9.17, 15) is 14.4 Å². The Hall–Kier alpha value is -1.79. The molecule has 5 nitrogen and oxygen atoms in total. The first-order valence-corrected chi connectivity index (χ1v) is 6.89. The van der Waals surface area contributed by atoms with Crippen molar-refractivity contribution >= 4 is 46.6 Å². The lowest BCUT2D eigenvalue weighted by Crippen LogP contribution is -2.30. The highest BCUT2D eigenvalue weighted by Crippen LogP contribution is 2.32. The second-order valence-electron chi connectivity index (χ2n) is 4.03. The Morgan fingerprint density at radius 2 is 1.95 bits per heavy atom. The Labute approximate surface area is 124 Å². The van der Waals surface area contributed by atoms with E-state index in [4.69, 9.17) is 16.7 Å². The van der Waals surface area contributed by atoms with Crippen LogP contribution in [-0.2, 0) is 9.59 Å². The quantitative estimate of drug-likeness (QED) is 0.865. The zero-order valence-electron chi connectivity index (χ0n) is 10.2. The van der Waals surface area contributed by atoms with Gasteiger partial charge < -0.3 is 5.11 Å². The van der Waals surface area contributed by atoms with Crippen molar-refractivity contribution in [2.75, 3.05) is 6.54 Å². The molecule has 1 N–H and O–H groups in total. The third kappa shape index (κ3) is 3.40. The van der Waals surface area contributed by atoms with Crippen molar-refractivity contribution in [2.45, 2.75) is 6.42 Å². The number of thioether (sulfide) groups is 1. The third-order valence-electron chi connectivity index (χ3n) is 2.59. The van der Waals surface area contributed by atoms with Crippen LogP contribution in [0.1, 0.15) is 12.0 Å². The van der Waals surface area contributed by atoms with Gasteiger partial charge in [0.25, 0.3) is 11.1 Å². The van der Waals surface area contributed by atoms with E-state index in [0.29, 0.717) is 5.02 Å². The summed E-state index contributed by atoms with van der Waals surface area (Å²) in [5.41, 5.74) is 0.748. The maximum Gasteiger partial charge on any atom is 0.305 e. The Kier molecular flexibility index (Phi) is 4.46. The lowest BCUT2D eigenvalue weighted by molar-refractivity contribution is -0.137. The van der Waals surface area contributed by atoms with E-state index in [2.05, 4.69) is 0 Å². The standard InChI is InChI=1S/C13H10ClNO4S/c14-9-3-1-8(2-4-9)7-10-12(18)15(13(19)20-10)6-5-11(16)17/h1-4,7H,5-6H2,(H,16,17). The molecule has 0 spiro atoms. The van der Waals surface area contributed by atoms with Crippen LogP contribution in [0.5, 0.6) is 0 Å². The van der Waals surface area contributed by atoms with Gasteiger partial charge in [0.05, 0.1) is 11.3 Å². The van der Waals surface area contributed by atoms with E-state index in [-0.39, 0.29) is 17.9 Å². The molecule has 1 aliphatic heterocycles. The summed E-state index contributed by atoms with van der Waals surface area (Å²) in [5, 5.41) is 8.72. The fourth-order valence-electron chi connectivity index (χ4n) is 1.61. The number of rotatable bonds is 4. The maximum absolute atomic E-state index is 12.0. The molecule has 0 radical (unpaired) electrons. The predicted molar refractivity (Wildman–Crippen MR) is 76.4 cm³/mol. The molecule has 1 fully saturated rings. The molecule has 1 aromatic carbocycles. The number of carboxylic acid groups (broad SMARTS) is 1. The third-order valence-corrected chi connectivity index (χ3v) is 3.75. The molecule has 2 rings (SSSR count). The number of carbonyl (C=O) groups is 3. The molecule has 1 saturated heterocycles. The van der Waals surface area contributed by atoms with Crippen LogP contribution in [0.15, 0.2) is 29.2 Å². The molecule has 1 heterocycles. The zero-order chi connectivity index (χ0) is 14.7. The minimum absolute atomic E-state index is 0.113. The van der Waals surface area contributed by atoms with Crippen LogP contribution in [0, 0.1) is 0 Å². The molecule has 2 amide bonds. The number of hydrogen-bond acceptors (Lipinski definition) is 4. The summed E-state index contributed by atoms with van der Waals surface area (Å²) in [6.45, 7) is -0.113. The summed E-state index contributed by atoms with van der Waals surface area (Å²) in [6.07, 6.45) is 1.33. The first kappa shape index (κ1) is 14.6. The second kappa shape index (κ2) is 6.11. The molecule has 0 aliphatic carbocycles. The van der Waals surface area contributed by atoms with Gasteiger partial charge in [-0.05, 0) is 35.5 Å². The molecule has 20 heavy (non-hydrogen) atoms. The number of imide groups is 1. The highest BCUT2D eigenvalue weighted by molar-refractivity contribution is 8.18. The molecule has 104 valence electrons. The summed E-state index contributed by atoms with van der Waals surface area (Å²) in [7, 11) is 0. The van der Waals surface area contributed by atoms with Crippen LogP contribution in [0.2, 0.25) is 5.02 Å². The molecule has 0 atom stereocenters. The molecular weight excluding hydrogens is 302 g/mol. The highest BCUT2D eigenvalue weighted by Gasteiger charge is 2.34. The van der Waals surface area contributed by atoms with Crippen LogP contribution < -0.4 is 0 Å². The SMILES string of the molecule is O=C(O)CCN1C(=O)SC(=Cc2ccc(Cl)cc2)C1=O. The van der Waals surface area contributed by atoms with Crippen molar-refractivity contribution in [2.24, 2.45) is 0 Å². The van der Waals surface area contributed by atoms with Gasteiger partial charge in [0, 0.05) is 11.6 Å². The smallest absolute Gasteiger partial charge is 0.305 e. The van der Waals surface area contributed by atoms with Crippen molar-refractivity contribution in [3.63, 3.8) is 0 Å². The number of aliphatic carboxylic acids is 1. The fraction of sp³-hybridized carbons (Fsp3) is 0.154. The Morgan fingerprint density at radius 3 is 2.55 bits per heavy atom. The molecule has 0 bridgehead atoms. The van der Waals surface area contributed by atoms with Gasteiger partial charge in [-0.2, -0.15) is 0 Å². The summed E-state index contributed by atoms with van der Waals surface area (Å²) < 4.78 is 0. The molecular formula is C13H10ClNO4S. The van der Waals surface area contributed by atoms with Crippen LogP contribution in [0.25, 0.3) is 6.08 Å². The molecule has 1 aromatic rings. The molecule has 7 heteroatoms. The number of halogens is 1. The van der Waals surface area contributed by atoms with Crippen molar-refractivity contribution in [3.8, 4) is 0 Å². The lowest BCUT2D eigenvalue weighted by Gasteiger charge is -2.09. The van der Waals surface area contributed by atoms with Crippen LogP contribution >= 0.6 is 23.4 Å². The average molecular weight is 312 g/mol. The van der Waals surface area contributed by atoms with E-state index in [1.165, 1.54) is 0 Å². The first-order valence-electron chi connectivity index (χ1n) is 5.70. The number of nitrogens with zero attached hydrogens (tertiary/aromatic N) is 1. The van der Waals surface area contributed by atoms with Crippen molar-refractivity contribution < 1.29 is 19.5 Å². The van der Waals surface area contributed by atoms with E-state index < -0.39 is 17.1 Å². The number of hydrogen-bond donors (Lipinski definition) is 1. The van der Waals surface area contributed by atoms with Gasteiger partial charge >= 0.3 is 5.97 Å². The van der Waals surface area contributed by atoms with Crippen molar-refractivity contribution in [3.05, 3.63) is 39.8 Å². The van der Waals surface area contributed by atoms with Gasteiger partial charge in [-0.1, -0.05) is 23.7 Å². The molecule has 0 saturated carbocycles. The van der Waals surface area contributed by atoms with Crippen LogP contribution in [0.3, 0.4) is 0 Å². The van der Waals surface area contributed by atoms with Gasteiger partial charge in [-0.3, -0.25) is 19.3 Å². The number of amides is 2. The second-order valence-corrected chi connectivity index (χ2v) is 5.46. The van der Waals surface area contributed by atoms with Gasteiger partial charge in [-0.15, -0.1) is 0 Å². The number of carboxylic acids is 1. The lowest BCUT2D eigenvalue weighted by atomic mass is 10.2. The normalized spacial score (nSPS) is 17.1. The topological polar surface area (TPSA) is 74.7 Å². The maximum atomic E-state index is 12.0. The largest absolute Gasteiger partial charge is 0.481 e. The Bertz CT molecular complexity index is 597. The highest BCUT2D eigenvalue weighted by atomic mass is 35.5. The number of carbonyl (C=O) groups excluding carboxylic acids is 2. The predicted octanol–water partition coefficient (Wildman–Crippen LogP) is 2.85. The van der Waals surface area contributed by atoms with Gasteiger partial charge in [0.2, 0.25) is 0 Å². The van der Waals surface area contributed by atoms with E-state index in [1.807, 2.05) is 0 Å². The summed E-state index contributed by atoms with van der Waals surface area (Å²) in [5.74, 6) is -1.51. The summed E-state index contributed by atoms with van der Waals surface area (Å²) >= 11 is 6.57. The summed E-state index contributed by atoms with van der Waals surface area (Å²) in [6, 6.07) is 6.82. The fourth-order valence-corrected chi connectivity index (χ4v) is 2.60. The van der Waals surface area contributed by atoms with E-state index in [0.717, 1.165) is 22.2 Å². The van der Waals surface area contributed by atoms with Gasteiger partial charge in [-0.25, -0.2) is 0 Å². The monoisotopic (exact) mass is 311 g/mol.